The molecule has 12 heteroatoms. The number of anilines is 2. The molecule has 5 nitrogen and oxygen atoms in total. The van der Waals surface area contributed by atoms with Crippen molar-refractivity contribution in [3.05, 3.63) is 86.3 Å². The second kappa shape index (κ2) is 9.30. The number of amides is 1. The molecule has 0 saturated carbocycles. The van der Waals surface area contributed by atoms with Gasteiger partial charge in [-0.2, -0.15) is 13.2 Å². The van der Waals surface area contributed by atoms with Crippen LogP contribution in [0.4, 0.5) is 24.5 Å². The molecule has 0 aliphatic heterocycles. The zero-order valence-electron chi connectivity index (χ0n) is 15.7. The molecule has 3 rings (SSSR count). The molecule has 0 unspecified atom stereocenters. The van der Waals surface area contributed by atoms with Gasteiger partial charge in [0.25, 0.3) is 15.9 Å². The number of sulfonamides is 1. The zero-order valence-corrected chi connectivity index (χ0v) is 19.6. The van der Waals surface area contributed by atoms with Crippen LogP contribution < -0.4 is 10.0 Å². The van der Waals surface area contributed by atoms with Crippen LogP contribution in [0.5, 0.6) is 0 Å². The molecule has 0 atom stereocenters. The quantitative estimate of drug-likeness (QED) is 0.355. The van der Waals surface area contributed by atoms with Crippen LogP contribution in [0.15, 0.2) is 70.0 Å². The van der Waals surface area contributed by atoms with E-state index in [1.807, 2.05) is 0 Å². The van der Waals surface area contributed by atoms with E-state index in [0.717, 1.165) is 12.1 Å². The molecule has 0 spiro atoms. The van der Waals surface area contributed by atoms with E-state index in [1.165, 1.54) is 30.3 Å². The van der Waals surface area contributed by atoms with E-state index >= 15 is 0 Å². The monoisotopic (exact) mass is 566 g/mol. The summed E-state index contributed by atoms with van der Waals surface area (Å²) in [6.45, 7) is 0. The molecule has 0 heterocycles. The lowest BCUT2D eigenvalue weighted by molar-refractivity contribution is -0.137. The molecular weight excluding hydrogens is 556 g/mol. The molecule has 0 radical (unpaired) electrons. The summed E-state index contributed by atoms with van der Waals surface area (Å²) >= 11 is 14.8. The average molecular weight is 568 g/mol. The predicted molar refractivity (Wildman–Crippen MR) is 121 cm³/mol. The van der Waals surface area contributed by atoms with Gasteiger partial charge in [-0.1, -0.05) is 39.1 Å². The van der Waals surface area contributed by atoms with Crippen LogP contribution in [-0.2, 0) is 16.2 Å². The second-order valence-electron chi connectivity index (χ2n) is 6.40. The molecule has 3 aromatic carbocycles. The number of nitrogens with one attached hydrogen (secondary N) is 2. The molecule has 0 bridgehead atoms. The van der Waals surface area contributed by atoms with E-state index in [2.05, 4.69) is 26.0 Å². The number of rotatable bonds is 5. The van der Waals surface area contributed by atoms with Gasteiger partial charge in [-0.15, -0.1) is 0 Å². The van der Waals surface area contributed by atoms with Gasteiger partial charge in [-0.3, -0.25) is 9.52 Å². The van der Waals surface area contributed by atoms with Crippen LogP contribution in [0.3, 0.4) is 0 Å². The summed E-state index contributed by atoms with van der Waals surface area (Å²) in [5.41, 5.74) is -0.967. The van der Waals surface area contributed by atoms with Crippen molar-refractivity contribution in [2.45, 2.75) is 11.1 Å². The number of carbonyl (C=O) groups excluding carboxylic acids is 1. The van der Waals surface area contributed by atoms with Crippen LogP contribution in [0.1, 0.15) is 15.9 Å². The van der Waals surface area contributed by atoms with E-state index in [-0.39, 0.29) is 26.9 Å². The van der Waals surface area contributed by atoms with Gasteiger partial charge in [0.1, 0.15) is 0 Å². The van der Waals surface area contributed by atoms with Gasteiger partial charge in [-0.25, -0.2) is 8.42 Å². The summed E-state index contributed by atoms with van der Waals surface area (Å²) in [5.74, 6) is -0.508. The normalized spacial score (nSPS) is 11.8. The Kier molecular flexibility index (Phi) is 7.09. The highest BCUT2D eigenvalue weighted by Gasteiger charge is 2.33. The number of halogens is 6. The summed E-state index contributed by atoms with van der Waals surface area (Å²) in [4.78, 5) is 12.2. The van der Waals surface area contributed by atoms with Gasteiger partial charge in [0.05, 0.1) is 26.1 Å². The molecule has 0 fully saturated rings. The standard InChI is InChI=1S/C20H12BrCl2F3N2O3S/c21-11-1-7-17(22)15(9-11)19(29)27-12-2-5-14(6-3-12)32(30,31)28-13-4-8-18(23)16(10-13)20(24,25)26/h1-10,28H,(H,27,29). The minimum absolute atomic E-state index is 0.211. The van der Waals surface area contributed by atoms with Crippen molar-refractivity contribution in [2.24, 2.45) is 0 Å². The van der Waals surface area contributed by atoms with Crippen molar-refractivity contribution in [2.75, 3.05) is 10.0 Å². The van der Waals surface area contributed by atoms with Crippen molar-refractivity contribution >= 4 is 66.4 Å². The van der Waals surface area contributed by atoms with Crippen LogP contribution >= 0.6 is 39.1 Å². The van der Waals surface area contributed by atoms with Crippen LogP contribution in [0.2, 0.25) is 10.0 Å². The first-order chi connectivity index (χ1) is 14.9. The molecule has 2 N–H and O–H groups in total. The lowest BCUT2D eigenvalue weighted by atomic mass is 10.2. The van der Waals surface area contributed by atoms with Crippen molar-refractivity contribution in [3.8, 4) is 0 Å². The summed E-state index contributed by atoms with van der Waals surface area (Å²) < 4.78 is 66.8. The van der Waals surface area contributed by atoms with E-state index in [9.17, 15) is 26.4 Å². The predicted octanol–water partition coefficient (Wildman–Crippen LogP) is 6.83. The maximum atomic E-state index is 13.0. The summed E-state index contributed by atoms with van der Waals surface area (Å²) in [7, 11) is -4.20. The lowest BCUT2D eigenvalue weighted by Crippen LogP contribution is -2.15. The summed E-state index contributed by atoms with van der Waals surface area (Å²) in [6, 6.07) is 12.5. The second-order valence-corrected chi connectivity index (χ2v) is 9.81. The molecule has 0 saturated heterocycles. The molecule has 0 aliphatic rings. The van der Waals surface area contributed by atoms with E-state index < -0.39 is 32.7 Å². The maximum absolute atomic E-state index is 13.0. The van der Waals surface area contributed by atoms with Crippen molar-refractivity contribution in [1.82, 2.24) is 0 Å². The third kappa shape index (κ3) is 5.74. The van der Waals surface area contributed by atoms with Gasteiger partial charge in [-0.05, 0) is 60.7 Å². The number of carbonyl (C=O) groups is 1. The average Bonchev–Trinajstić information content (AvgIpc) is 2.70. The maximum Gasteiger partial charge on any atom is 0.417 e. The topological polar surface area (TPSA) is 75.3 Å². The fraction of sp³-hybridized carbons (Fsp3) is 0.0500. The molecule has 3 aromatic rings. The molecule has 0 aromatic heterocycles. The smallest absolute Gasteiger partial charge is 0.322 e. The Balaban J connectivity index is 1.78. The van der Waals surface area contributed by atoms with E-state index in [0.29, 0.717) is 10.5 Å². The fourth-order valence-electron chi connectivity index (χ4n) is 2.61. The van der Waals surface area contributed by atoms with Crippen LogP contribution in [0.25, 0.3) is 0 Å². The number of hydrogen-bond acceptors (Lipinski definition) is 3. The molecule has 0 aliphatic carbocycles. The van der Waals surface area contributed by atoms with Gasteiger partial charge >= 0.3 is 6.18 Å². The molecule has 1 amide bonds. The van der Waals surface area contributed by atoms with E-state index in [4.69, 9.17) is 23.2 Å². The van der Waals surface area contributed by atoms with Crippen LogP contribution in [-0.4, -0.2) is 14.3 Å². The number of alkyl halides is 3. The highest BCUT2D eigenvalue weighted by atomic mass is 79.9. The lowest BCUT2D eigenvalue weighted by Gasteiger charge is -2.13. The zero-order chi connectivity index (χ0) is 23.7. The fourth-order valence-corrected chi connectivity index (χ4v) is 4.45. The van der Waals surface area contributed by atoms with Crippen molar-refractivity contribution in [3.63, 3.8) is 0 Å². The van der Waals surface area contributed by atoms with Gasteiger partial charge in [0.2, 0.25) is 0 Å². The Morgan fingerprint density at radius 2 is 1.47 bits per heavy atom. The minimum Gasteiger partial charge on any atom is -0.322 e. The summed E-state index contributed by atoms with van der Waals surface area (Å²) in [6.07, 6.45) is -4.74. The Morgan fingerprint density at radius 1 is 0.875 bits per heavy atom. The molecule has 168 valence electrons. The minimum atomic E-state index is -4.74. The third-order valence-electron chi connectivity index (χ3n) is 4.12. The first kappa shape index (κ1) is 24.4. The van der Waals surface area contributed by atoms with Crippen molar-refractivity contribution < 1.29 is 26.4 Å². The Bertz CT molecular complexity index is 1280. The van der Waals surface area contributed by atoms with Gasteiger partial charge in [0.15, 0.2) is 0 Å². The molecule has 32 heavy (non-hydrogen) atoms. The first-order valence-corrected chi connectivity index (χ1v) is 11.7. The SMILES string of the molecule is O=C(Nc1ccc(S(=O)(=O)Nc2ccc(Cl)c(C(F)(F)F)c2)cc1)c1cc(Br)ccc1Cl. The van der Waals surface area contributed by atoms with Crippen molar-refractivity contribution in [1.29, 1.82) is 0 Å². The first-order valence-electron chi connectivity index (χ1n) is 8.63. The largest absolute Gasteiger partial charge is 0.417 e. The molecular formula is C20H12BrCl2F3N2O3S. The van der Waals surface area contributed by atoms with Gasteiger partial charge in [0, 0.05) is 15.8 Å². The Morgan fingerprint density at radius 3 is 2.09 bits per heavy atom. The Labute approximate surface area is 199 Å². The van der Waals surface area contributed by atoms with Crippen LogP contribution in [0, 0.1) is 0 Å². The van der Waals surface area contributed by atoms with E-state index in [1.54, 1.807) is 12.1 Å². The third-order valence-corrected chi connectivity index (χ3v) is 6.67. The summed E-state index contributed by atoms with van der Waals surface area (Å²) in [5, 5.41) is 2.27. The number of benzene rings is 3. The number of hydrogen-bond donors (Lipinski definition) is 2. The Hall–Kier alpha value is -2.27. The van der Waals surface area contributed by atoms with Gasteiger partial charge < -0.3 is 5.32 Å². The highest BCUT2D eigenvalue weighted by Crippen LogP contribution is 2.36. The highest BCUT2D eigenvalue weighted by molar-refractivity contribution is 9.10.